The summed E-state index contributed by atoms with van der Waals surface area (Å²) >= 11 is 0. The second-order valence-corrected chi connectivity index (χ2v) is 4.74. The Hall–Kier alpha value is -0.980. The lowest BCUT2D eigenvalue weighted by Crippen LogP contribution is -2.38. The molecule has 0 atom stereocenters. The van der Waals surface area contributed by atoms with Gasteiger partial charge in [-0.3, -0.25) is 4.99 Å². The number of nitrogens with zero attached hydrogens (tertiary/aromatic N) is 1. The van der Waals surface area contributed by atoms with Gasteiger partial charge in [0.05, 0.1) is 7.11 Å². The van der Waals surface area contributed by atoms with E-state index in [1.165, 1.54) is 11.1 Å². The van der Waals surface area contributed by atoms with Crippen molar-refractivity contribution in [2.24, 2.45) is 4.99 Å². The third kappa shape index (κ3) is 7.55. The lowest BCUT2D eigenvalue weighted by atomic mass is 10.1. The molecule has 0 aromatic heterocycles. The second-order valence-electron chi connectivity index (χ2n) is 4.74. The van der Waals surface area contributed by atoms with Gasteiger partial charge in [-0.2, -0.15) is 0 Å². The third-order valence-corrected chi connectivity index (χ3v) is 3.02. The third-order valence-electron chi connectivity index (χ3n) is 3.02. The van der Waals surface area contributed by atoms with Crippen LogP contribution in [0, 0.1) is 6.92 Å². The van der Waals surface area contributed by atoms with Crippen LogP contribution in [0.25, 0.3) is 0 Å². The van der Waals surface area contributed by atoms with E-state index in [2.05, 4.69) is 54.6 Å². The van der Waals surface area contributed by atoms with Gasteiger partial charge in [0.1, 0.15) is 5.75 Å². The van der Waals surface area contributed by atoms with Gasteiger partial charge in [-0.1, -0.05) is 19.1 Å². The summed E-state index contributed by atoms with van der Waals surface area (Å²) < 4.78 is 5.35. The Morgan fingerprint density at radius 1 is 1.24 bits per heavy atom. The summed E-state index contributed by atoms with van der Waals surface area (Å²) in [4.78, 5) is 4.48. The van der Waals surface area contributed by atoms with Gasteiger partial charge < -0.3 is 15.4 Å². The summed E-state index contributed by atoms with van der Waals surface area (Å²) in [5, 5.41) is 6.60. The molecule has 1 rings (SSSR count). The van der Waals surface area contributed by atoms with Crippen LogP contribution in [0.2, 0.25) is 0 Å². The number of benzene rings is 1. The van der Waals surface area contributed by atoms with Gasteiger partial charge in [0.25, 0.3) is 0 Å². The van der Waals surface area contributed by atoms with Gasteiger partial charge >= 0.3 is 0 Å². The number of rotatable bonds is 7. The summed E-state index contributed by atoms with van der Waals surface area (Å²) in [7, 11) is 1.71. The molecule has 4 nitrogen and oxygen atoms in total. The molecular formula is C16H28IN3O. The Morgan fingerprint density at radius 3 is 2.62 bits per heavy atom. The molecule has 0 radical (unpaired) electrons. The van der Waals surface area contributed by atoms with Crippen LogP contribution >= 0.6 is 24.0 Å². The summed E-state index contributed by atoms with van der Waals surface area (Å²) in [6.07, 6.45) is 2.01. The smallest absolute Gasteiger partial charge is 0.191 e. The molecule has 0 spiro atoms. The summed E-state index contributed by atoms with van der Waals surface area (Å²) in [5.74, 6) is 1.85. The number of aliphatic imine (C=N–C) groups is 1. The van der Waals surface area contributed by atoms with Gasteiger partial charge in [0, 0.05) is 19.6 Å². The van der Waals surface area contributed by atoms with Crippen LogP contribution in [-0.4, -0.2) is 32.7 Å². The molecule has 0 fully saturated rings. The Bertz CT molecular complexity index is 436. The molecule has 0 amide bonds. The Morgan fingerprint density at radius 2 is 2.00 bits per heavy atom. The minimum absolute atomic E-state index is 0. The number of hydrogen-bond donors (Lipinski definition) is 2. The van der Waals surface area contributed by atoms with E-state index in [9.17, 15) is 0 Å². The van der Waals surface area contributed by atoms with Crippen molar-refractivity contribution in [2.45, 2.75) is 33.6 Å². The first-order chi connectivity index (χ1) is 9.71. The van der Waals surface area contributed by atoms with Crippen LogP contribution in [0.15, 0.2) is 23.2 Å². The predicted octanol–water partition coefficient (Wildman–Crippen LogP) is 3.13. The van der Waals surface area contributed by atoms with E-state index in [1.807, 2.05) is 0 Å². The molecule has 1 aromatic carbocycles. The number of nitrogens with one attached hydrogen (secondary N) is 2. The molecule has 0 aliphatic rings. The van der Waals surface area contributed by atoms with Gasteiger partial charge in [0.2, 0.25) is 0 Å². The molecule has 0 unspecified atom stereocenters. The van der Waals surface area contributed by atoms with E-state index in [-0.39, 0.29) is 24.0 Å². The highest BCUT2D eigenvalue weighted by molar-refractivity contribution is 14.0. The molecule has 0 heterocycles. The van der Waals surface area contributed by atoms with Crippen molar-refractivity contribution in [3.05, 3.63) is 29.3 Å². The standard InChI is InChI=1S/C16H27N3O.HI/c1-5-10-18-16(17-6-2)19-11-9-14-8-7-13(3)15(12-14)20-4;/h7-8,12H,5-6,9-11H2,1-4H3,(H2,17,18,19);1H. The van der Waals surface area contributed by atoms with Gasteiger partial charge in [0.15, 0.2) is 5.96 Å². The molecule has 2 N–H and O–H groups in total. The number of methoxy groups -OCH3 is 1. The summed E-state index contributed by atoms with van der Waals surface area (Å²) in [6.45, 7) is 8.87. The Kier molecular flexibility index (Phi) is 11.1. The van der Waals surface area contributed by atoms with Crippen LogP contribution in [0.3, 0.4) is 0 Å². The molecule has 0 aliphatic carbocycles. The molecule has 1 aromatic rings. The SMILES string of the molecule is CCCN=C(NCC)NCCc1ccc(C)c(OC)c1.I. The van der Waals surface area contributed by atoms with E-state index in [0.29, 0.717) is 0 Å². The highest BCUT2D eigenvalue weighted by atomic mass is 127. The molecule has 0 aliphatic heterocycles. The minimum Gasteiger partial charge on any atom is -0.496 e. The fourth-order valence-electron chi connectivity index (χ4n) is 1.91. The first-order valence-electron chi connectivity index (χ1n) is 7.37. The molecular weight excluding hydrogens is 377 g/mol. The number of halogens is 1. The minimum atomic E-state index is 0. The van der Waals surface area contributed by atoms with E-state index >= 15 is 0 Å². The number of ether oxygens (including phenoxy) is 1. The zero-order chi connectivity index (χ0) is 14.8. The van der Waals surface area contributed by atoms with Crippen LogP contribution in [0.4, 0.5) is 0 Å². The molecule has 21 heavy (non-hydrogen) atoms. The Labute approximate surface area is 145 Å². The lowest BCUT2D eigenvalue weighted by molar-refractivity contribution is 0.411. The molecule has 0 saturated heterocycles. The average Bonchev–Trinajstić information content (AvgIpc) is 2.46. The second kappa shape index (κ2) is 11.7. The monoisotopic (exact) mass is 405 g/mol. The topological polar surface area (TPSA) is 45.7 Å². The highest BCUT2D eigenvalue weighted by Crippen LogP contribution is 2.18. The Balaban J connectivity index is 0.00000400. The van der Waals surface area contributed by atoms with Gasteiger partial charge in [-0.25, -0.2) is 0 Å². The van der Waals surface area contributed by atoms with E-state index < -0.39 is 0 Å². The zero-order valence-electron chi connectivity index (χ0n) is 13.5. The number of hydrogen-bond acceptors (Lipinski definition) is 2. The molecule has 0 bridgehead atoms. The van der Waals surface area contributed by atoms with Crippen LogP contribution in [0.1, 0.15) is 31.4 Å². The van der Waals surface area contributed by atoms with E-state index in [4.69, 9.17) is 4.74 Å². The maximum absolute atomic E-state index is 5.35. The van der Waals surface area contributed by atoms with Crippen LogP contribution in [0.5, 0.6) is 5.75 Å². The van der Waals surface area contributed by atoms with Crippen molar-refractivity contribution in [1.29, 1.82) is 0 Å². The van der Waals surface area contributed by atoms with Crippen molar-refractivity contribution in [2.75, 3.05) is 26.7 Å². The van der Waals surface area contributed by atoms with Crippen LogP contribution < -0.4 is 15.4 Å². The average molecular weight is 405 g/mol. The lowest BCUT2D eigenvalue weighted by Gasteiger charge is -2.12. The summed E-state index contributed by atoms with van der Waals surface area (Å²) in [5.41, 5.74) is 2.44. The van der Waals surface area contributed by atoms with Crippen molar-refractivity contribution in [3.63, 3.8) is 0 Å². The fourth-order valence-corrected chi connectivity index (χ4v) is 1.91. The number of guanidine groups is 1. The first-order valence-corrected chi connectivity index (χ1v) is 7.37. The fraction of sp³-hybridized carbons (Fsp3) is 0.562. The first kappa shape index (κ1) is 20.0. The van der Waals surface area contributed by atoms with Gasteiger partial charge in [-0.15, -0.1) is 24.0 Å². The normalized spacial score (nSPS) is 10.8. The summed E-state index contributed by atoms with van der Waals surface area (Å²) in [6, 6.07) is 6.35. The van der Waals surface area contributed by atoms with Crippen LogP contribution in [-0.2, 0) is 6.42 Å². The number of aryl methyl sites for hydroxylation is 1. The van der Waals surface area contributed by atoms with Crippen molar-refractivity contribution >= 4 is 29.9 Å². The molecule has 5 heteroatoms. The van der Waals surface area contributed by atoms with E-state index in [0.717, 1.165) is 44.2 Å². The van der Waals surface area contributed by atoms with Gasteiger partial charge in [-0.05, 0) is 43.9 Å². The van der Waals surface area contributed by atoms with E-state index in [1.54, 1.807) is 7.11 Å². The quantitative estimate of drug-likeness (QED) is 0.416. The van der Waals surface area contributed by atoms with Crippen molar-refractivity contribution in [3.8, 4) is 5.75 Å². The predicted molar refractivity (Wildman–Crippen MR) is 101 cm³/mol. The maximum Gasteiger partial charge on any atom is 0.191 e. The van der Waals surface area contributed by atoms with Crippen molar-refractivity contribution < 1.29 is 4.74 Å². The highest BCUT2D eigenvalue weighted by Gasteiger charge is 2.01. The molecule has 0 saturated carbocycles. The molecule has 120 valence electrons. The maximum atomic E-state index is 5.35. The zero-order valence-corrected chi connectivity index (χ0v) is 15.9. The largest absolute Gasteiger partial charge is 0.496 e. The van der Waals surface area contributed by atoms with Crippen molar-refractivity contribution in [1.82, 2.24) is 10.6 Å².